The van der Waals surface area contributed by atoms with Crippen molar-refractivity contribution < 1.29 is 8.85 Å². The van der Waals surface area contributed by atoms with Crippen molar-refractivity contribution in [3.05, 3.63) is 0 Å². The monoisotopic (exact) mass is 271 g/mol. The maximum atomic E-state index is 5.69. The molecule has 0 radical (unpaired) electrons. The van der Waals surface area contributed by atoms with Gasteiger partial charge in [-0.25, -0.2) is 0 Å². The van der Waals surface area contributed by atoms with Gasteiger partial charge in [0.05, 0.1) is 5.67 Å². The number of nitrogens with zero attached hydrogens (tertiary/aromatic N) is 1. The largest absolute Gasteiger partial charge is 0.397 e. The molecule has 3 nitrogen and oxygen atoms in total. The summed E-state index contributed by atoms with van der Waals surface area (Å²) in [7, 11) is 1.69. The van der Waals surface area contributed by atoms with Crippen LogP contribution in [0.2, 0.25) is 6.55 Å². The second kappa shape index (κ2) is 6.50. The van der Waals surface area contributed by atoms with Crippen LogP contribution in [0, 0.1) is 5.92 Å². The molecule has 1 unspecified atom stereocenters. The summed E-state index contributed by atoms with van der Waals surface area (Å²) in [5.41, 5.74) is 0.580. The van der Waals surface area contributed by atoms with E-state index in [9.17, 15) is 0 Å². The summed E-state index contributed by atoms with van der Waals surface area (Å²) in [6.45, 7) is 4.70. The lowest BCUT2D eigenvalue weighted by molar-refractivity contribution is 0.0822. The van der Waals surface area contributed by atoms with E-state index in [1.165, 1.54) is 58.0 Å². The molecule has 2 fully saturated rings. The van der Waals surface area contributed by atoms with E-state index in [1.54, 1.807) is 0 Å². The minimum absolute atomic E-state index is 0.580. The Labute approximate surface area is 113 Å². The van der Waals surface area contributed by atoms with Crippen molar-refractivity contribution in [3.63, 3.8) is 0 Å². The molecule has 0 aromatic heterocycles. The second-order valence-electron chi connectivity index (χ2n) is 6.06. The summed E-state index contributed by atoms with van der Waals surface area (Å²) in [5, 5.41) is 0. The van der Waals surface area contributed by atoms with Gasteiger partial charge in [0.2, 0.25) is 0 Å². The molecule has 1 saturated carbocycles. The van der Waals surface area contributed by atoms with E-state index in [-0.39, 0.29) is 0 Å². The van der Waals surface area contributed by atoms with Crippen LogP contribution in [-0.2, 0) is 8.85 Å². The molecule has 0 aromatic rings. The average Bonchev–Trinajstić information content (AvgIpc) is 2.38. The first kappa shape index (κ1) is 14.5. The first-order valence-electron chi connectivity index (χ1n) is 7.54. The van der Waals surface area contributed by atoms with Gasteiger partial charge in [-0.15, -0.1) is 0 Å². The quantitative estimate of drug-likeness (QED) is 0.693. The number of hydrogen-bond donors (Lipinski definition) is 0. The average molecular weight is 271 g/mol. The van der Waals surface area contributed by atoms with Gasteiger partial charge in [0.25, 0.3) is 0 Å². The van der Waals surface area contributed by atoms with Gasteiger partial charge in [0.15, 0.2) is 0 Å². The third kappa shape index (κ3) is 3.16. The lowest BCUT2D eigenvalue weighted by Crippen LogP contribution is -2.65. The third-order valence-corrected chi connectivity index (χ3v) is 8.58. The van der Waals surface area contributed by atoms with E-state index in [2.05, 4.69) is 11.4 Å². The Hall–Kier alpha value is 0.0969. The molecule has 2 rings (SSSR count). The highest BCUT2D eigenvalue weighted by atomic mass is 28.4. The smallest absolute Gasteiger partial charge is 0.352 e. The van der Waals surface area contributed by atoms with Crippen LogP contribution < -0.4 is 0 Å². The summed E-state index contributed by atoms with van der Waals surface area (Å²) >= 11 is 0. The van der Waals surface area contributed by atoms with Gasteiger partial charge in [-0.3, -0.25) is 4.90 Å². The molecule has 1 atom stereocenters. The SMILES string of the molecule is CO[Si](C)(OC)C1CCN1CCC1CCCCC1. The zero-order valence-corrected chi connectivity index (χ0v) is 13.3. The third-order valence-electron chi connectivity index (χ3n) is 5.10. The molecule has 2 aliphatic rings. The predicted octanol–water partition coefficient (Wildman–Crippen LogP) is 2.94. The number of hydrogen-bond acceptors (Lipinski definition) is 3. The molecule has 106 valence electrons. The van der Waals surface area contributed by atoms with Crippen molar-refractivity contribution in [2.75, 3.05) is 27.3 Å². The summed E-state index contributed by atoms with van der Waals surface area (Å²) in [6.07, 6.45) is 9.93. The minimum atomic E-state index is -1.94. The van der Waals surface area contributed by atoms with Crippen molar-refractivity contribution in [3.8, 4) is 0 Å². The molecular formula is C14H29NO2Si. The molecule has 1 heterocycles. The fourth-order valence-corrected chi connectivity index (χ4v) is 5.77. The van der Waals surface area contributed by atoms with Gasteiger partial charge in [-0.2, -0.15) is 0 Å². The lowest BCUT2D eigenvalue weighted by Gasteiger charge is -2.48. The molecule has 1 saturated heterocycles. The van der Waals surface area contributed by atoms with Crippen LogP contribution >= 0.6 is 0 Å². The zero-order valence-electron chi connectivity index (χ0n) is 12.3. The van der Waals surface area contributed by atoms with Gasteiger partial charge in [-0.05, 0) is 38.4 Å². The van der Waals surface area contributed by atoms with E-state index in [0.717, 1.165) is 5.92 Å². The van der Waals surface area contributed by atoms with Crippen molar-refractivity contribution in [1.82, 2.24) is 4.90 Å². The van der Waals surface area contributed by atoms with Crippen LogP contribution in [0.1, 0.15) is 44.9 Å². The number of rotatable bonds is 6. The highest BCUT2D eigenvalue weighted by molar-refractivity contribution is 6.67. The van der Waals surface area contributed by atoms with Gasteiger partial charge in [0.1, 0.15) is 0 Å². The van der Waals surface area contributed by atoms with E-state index in [4.69, 9.17) is 8.85 Å². The Kier molecular flexibility index (Phi) is 5.24. The molecule has 4 heteroatoms. The Morgan fingerprint density at radius 3 is 2.22 bits per heavy atom. The van der Waals surface area contributed by atoms with E-state index >= 15 is 0 Å². The van der Waals surface area contributed by atoms with Crippen LogP contribution in [0.4, 0.5) is 0 Å². The van der Waals surface area contributed by atoms with Gasteiger partial charge >= 0.3 is 8.56 Å². The van der Waals surface area contributed by atoms with Crippen molar-refractivity contribution in [2.45, 2.75) is 57.2 Å². The van der Waals surface area contributed by atoms with Gasteiger partial charge in [-0.1, -0.05) is 32.1 Å². The first-order valence-corrected chi connectivity index (χ1v) is 9.93. The Morgan fingerprint density at radius 2 is 1.72 bits per heavy atom. The Bertz CT molecular complexity index is 252. The minimum Gasteiger partial charge on any atom is -0.397 e. The molecule has 0 amide bonds. The summed E-state index contributed by atoms with van der Waals surface area (Å²) in [4.78, 5) is 2.60. The fraction of sp³-hybridized carbons (Fsp3) is 1.00. The molecule has 1 aliphatic carbocycles. The highest BCUT2D eigenvalue weighted by Crippen LogP contribution is 2.31. The molecule has 0 spiro atoms. The number of likely N-dealkylation sites (tertiary alicyclic amines) is 1. The van der Waals surface area contributed by atoms with Gasteiger partial charge in [0, 0.05) is 14.2 Å². The van der Waals surface area contributed by atoms with Crippen LogP contribution in [-0.4, -0.2) is 46.4 Å². The summed E-state index contributed by atoms with van der Waals surface area (Å²) < 4.78 is 11.4. The maximum Gasteiger partial charge on any atom is 0.352 e. The molecular weight excluding hydrogens is 242 g/mol. The molecule has 0 N–H and O–H groups in total. The summed E-state index contributed by atoms with van der Waals surface area (Å²) in [6, 6.07) is 0. The van der Waals surface area contributed by atoms with Crippen LogP contribution in [0.15, 0.2) is 0 Å². The van der Waals surface area contributed by atoms with E-state index < -0.39 is 8.56 Å². The molecule has 0 aromatic carbocycles. The van der Waals surface area contributed by atoms with E-state index in [0.29, 0.717) is 5.67 Å². The second-order valence-corrected chi connectivity index (χ2v) is 9.57. The van der Waals surface area contributed by atoms with Crippen LogP contribution in [0.3, 0.4) is 0 Å². The Morgan fingerprint density at radius 1 is 1.06 bits per heavy atom. The molecule has 0 bridgehead atoms. The standard InChI is InChI=1S/C14H29NO2Si/c1-16-18(3,17-2)14-10-12-15(14)11-9-13-7-5-4-6-8-13/h13-14H,4-12H2,1-3H3. The Balaban J connectivity index is 1.76. The van der Waals surface area contributed by atoms with Crippen molar-refractivity contribution in [1.29, 1.82) is 0 Å². The fourth-order valence-electron chi connectivity index (χ4n) is 3.48. The normalized spacial score (nSPS) is 27.2. The van der Waals surface area contributed by atoms with Crippen LogP contribution in [0.25, 0.3) is 0 Å². The molecule has 1 aliphatic heterocycles. The highest BCUT2D eigenvalue weighted by Gasteiger charge is 2.47. The topological polar surface area (TPSA) is 21.7 Å². The summed E-state index contributed by atoms with van der Waals surface area (Å²) in [5.74, 6) is 0.984. The van der Waals surface area contributed by atoms with Gasteiger partial charge < -0.3 is 8.85 Å². The van der Waals surface area contributed by atoms with Crippen molar-refractivity contribution in [2.24, 2.45) is 5.92 Å². The first-order chi connectivity index (χ1) is 8.69. The zero-order chi connectivity index (χ0) is 13.0. The predicted molar refractivity (Wildman–Crippen MR) is 76.8 cm³/mol. The lowest BCUT2D eigenvalue weighted by atomic mass is 9.87. The molecule has 18 heavy (non-hydrogen) atoms. The maximum absolute atomic E-state index is 5.69. The van der Waals surface area contributed by atoms with Crippen molar-refractivity contribution >= 4 is 8.56 Å². The van der Waals surface area contributed by atoms with Crippen LogP contribution in [0.5, 0.6) is 0 Å². The van der Waals surface area contributed by atoms with E-state index in [1.807, 2.05) is 14.2 Å².